The minimum Gasteiger partial charge on any atom is -0.507 e. The van der Waals surface area contributed by atoms with Crippen LogP contribution in [0.25, 0.3) is 0 Å². The van der Waals surface area contributed by atoms with Crippen LogP contribution in [0.5, 0.6) is 11.5 Å². The van der Waals surface area contributed by atoms with Crippen LogP contribution in [0.3, 0.4) is 0 Å². The first-order valence-electron chi connectivity index (χ1n) is 6.62. The van der Waals surface area contributed by atoms with Gasteiger partial charge < -0.3 is 15.3 Å². The van der Waals surface area contributed by atoms with E-state index in [0.717, 1.165) is 17.0 Å². The van der Waals surface area contributed by atoms with Crippen molar-refractivity contribution in [2.75, 3.05) is 7.11 Å². The van der Waals surface area contributed by atoms with Crippen LogP contribution >= 0.6 is 11.6 Å². The number of rotatable bonds is 3. The number of halogens is 1. The van der Waals surface area contributed by atoms with Crippen molar-refractivity contribution in [2.24, 2.45) is 5.10 Å². The first-order chi connectivity index (χ1) is 10.2. The number of hydrogen-bond donors (Lipinski definition) is 2. The zero-order valence-electron chi connectivity index (χ0n) is 11.5. The third kappa shape index (κ3) is 2.81. The summed E-state index contributed by atoms with van der Waals surface area (Å²) in [5, 5.41) is 14.8. The fourth-order valence-corrected chi connectivity index (χ4v) is 2.55. The van der Waals surface area contributed by atoms with Gasteiger partial charge in [0.05, 0.1) is 18.9 Å². The Hall–Kier alpha value is -2.20. The zero-order chi connectivity index (χ0) is 14.8. The molecule has 2 aromatic carbocycles. The summed E-state index contributed by atoms with van der Waals surface area (Å²) in [4.78, 5) is 0. The van der Waals surface area contributed by atoms with Crippen molar-refractivity contribution in [1.82, 2.24) is 5.43 Å². The van der Waals surface area contributed by atoms with Crippen molar-refractivity contribution in [3.63, 3.8) is 0 Å². The van der Waals surface area contributed by atoms with Crippen LogP contribution in [-0.2, 0) is 0 Å². The summed E-state index contributed by atoms with van der Waals surface area (Å²) in [6, 6.07) is 12.9. The topological polar surface area (TPSA) is 53.9 Å². The van der Waals surface area contributed by atoms with Crippen molar-refractivity contribution in [3.05, 3.63) is 58.6 Å². The van der Waals surface area contributed by atoms with Crippen LogP contribution in [0.4, 0.5) is 0 Å². The van der Waals surface area contributed by atoms with Gasteiger partial charge in [-0.2, -0.15) is 5.10 Å². The molecule has 2 aromatic rings. The quantitative estimate of drug-likeness (QED) is 0.912. The molecule has 0 saturated heterocycles. The summed E-state index contributed by atoms with van der Waals surface area (Å²) in [7, 11) is 1.64. The van der Waals surface area contributed by atoms with Crippen LogP contribution in [0, 0.1) is 0 Å². The van der Waals surface area contributed by atoms with Gasteiger partial charge in [-0.25, -0.2) is 0 Å². The summed E-state index contributed by atoms with van der Waals surface area (Å²) in [5.41, 5.74) is 5.69. The predicted molar refractivity (Wildman–Crippen MR) is 83.1 cm³/mol. The molecule has 1 unspecified atom stereocenters. The molecule has 0 spiro atoms. The van der Waals surface area contributed by atoms with Crippen LogP contribution in [0.2, 0.25) is 5.02 Å². The lowest BCUT2D eigenvalue weighted by Crippen LogP contribution is -2.09. The standard InChI is InChI=1S/C16H15ClN2O2/c1-21-12-5-2-10(3-6-12)14-9-15(19-18-14)13-8-11(17)4-7-16(13)20/h2-8,14,18,20H,9H2,1H3. The van der Waals surface area contributed by atoms with Crippen molar-refractivity contribution < 1.29 is 9.84 Å². The van der Waals surface area contributed by atoms with Crippen LogP contribution < -0.4 is 10.2 Å². The van der Waals surface area contributed by atoms with Gasteiger partial charge in [-0.05, 0) is 35.9 Å². The lowest BCUT2D eigenvalue weighted by Gasteiger charge is -2.11. The smallest absolute Gasteiger partial charge is 0.124 e. The molecule has 0 aromatic heterocycles. The van der Waals surface area contributed by atoms with E-state index >= 15 is 0 Å². The molecule has 1 aliphatic heterocycles. The van der Waals surface area contributed by atoms with E-state index in [0.29, 0.717) is 17.0 Å². The summed E-state index contributed by atoms with van der Waals surface area (Å²) >= 11 is 5.98. The maximum absolute atomic E-state index is 9.94. The van der Waals surface area contributed by atoms with E-state index in [9.17, 15) is 5.11 Å². The number of methoxy groups -OCH3 is 1. The first-order valence-corrected chi connectivity index (χ1v) is 7.00. The maximum atomic E-state index is 9.94. The SMILES string of the molecule is COc1ccc(C2CC(c3cc(Cl)ccc3O)=NN2)cc1. The Labute approximate surface area is 128 Å². The number of benzene rings is 2. The Morgan fingerprint density at radius 1 is 1.24 bits per heavy atom. The van der Waals surface area contributed by atoms with E-state index in [1.165, 1.54) is 0 Å². The second kappa shape index (κ2) is 5.66. The molecule has 5 heteroatoms. The van der Waals surface area contributed by atoms with Crippen molar-refractivity contribution in [2.45, 2.75) is 12.5 Å². The summed E-state index contributed by atoms with van der Waals surface area (Å²) in [6.45, 7) is 0. The number of nitrogens with zero attached hydrogens (tertiary/aromatic N) is 1. The molecule has 0 aliphatic carbocycles. The number of phenolic OH excluding ortho intramolecular Hbond substituents is 1. The number of hydrazone groups is 1. The highest BCUT2D eigenvalue weighted by molar-refractivity contribution is 6.31. The molecule has 4 nitrogen and oxygen atoms in total. The Kier molecular flexibility index (Phi) is 3.71. The van der Waals surface area contributed by atoms with E-state index in [2.05, 4.69) is 10.5 Å². The zero-order valence-corrected chi connectivity index (χ0v) is 12.3. The minimum atomic E-state index is 0.0873. The third-order valence-electron chi connectivity index (χ3n) is 3.54. The Bertz CT molecular complexity index is 683. The molecule has 0 bridgehead atoms. The van der Waals surface area contributed by atoms with Crippen molar-refractivity contribution >= 4 is 17.3 Å². The van der Waals surface area contributed by atoms with Crippen LogP contribution in [0.15, 0.2) is 47.6 Å². The Balaban J connectivity index is 1.79. The largest absolute Gasteiger partial charge is 0.507 e. The fraction of sp³-hybridized carbons (Fsp3) is 0.188. The van der Waals surface area contributed by atoms with Gasteiger partial charge in [0.15, 0.2) is 0 Å². The molecule has 1 aliphatic rings. The van der Waals surface area contributed by atoms with E-state index in [-0.39, 0.29) is 11.8 Å². The molecule has 0 radical (unpaired) electrons. The second-order valence-corrected chi connectivity index (χ2v) is 5.32. The van der Waals surface area contributed by atoms with Gasteiger partial charge in [-0.1, -0.05) is 23.7 Å². The molecular weight excluding hydrogens is 288 g/mol. The van der Waals surface area contributed by atoms with Gasteiger partial charge in [0, 0.05) is 17.0 Å². The van der Waals surface area contributed by atoms with Crippen LogP contribution in [0.1, 0.15) is 23.6 Å². The van der Waals surface area contributed by atoms with Crippen molar-refractivity contribution in [1.29, 1.82) is 0 Å². The first kappa shape index (κ1) is 13.8. The van der Waals surface area contributed by atoms with Gasteiger partial charge in [0.25, 0.3) is 0 Å². The lowest BCUT2D eigenvalue weighted by atomic mass is 9.98. The van der Waals surface area contributed by atoms with E-state index in [1.54, 1.807) is 25.3 Å². The monoisotopic (exact) mass is 302 g/mol. The molecule has 0 saturated carbocycles. The van der Waals surface area contributed by atoms with Gasteiger partial charge in [-0.3, -0.25) is 0 Å². The summed E-state index contributed by atoms with van der Waals surface area (Å²) in [6.07, 6.45) is 0.695. The highest BCUT2D eigenvalue weighted by atomic mass is 35.5. The molecule has 0 amide bonds. The van der Waals surface area contributed by atoms with E-state index in [4.69, 9.17) is 16.3 Å². The Morgan fingerprint density at radius 2 is 2.00 bits per heavy atom. The molecule has 1 heterocycles. The molecular formula is C16H15ClN2O2. The fourth-order valence-electron chi connectivity index (χ4n) is 2.38. The molecule has 1 atom stereocenters. The lowest BCUT2D eigenvalue weighted by molar-refractivity contribution is 0.414. The van der Waals surface area contributed by atoms with Gasteiger partial charge in [0.1, 0.15) is 11.5 Å². The molecule has 0 fully saturated rings. The molecule has 108 valence electrons. The van der Waals surface area contributed by atoms with Gasteiger partial charge in [-0.15, -0.1) is 0 Å². The van der Waals surface area contributed by atoms with E-state index in [1.807, 2.05) is 24.3 Å². The molecule has 2 N–H and O–H groups in total. The van der Waals surface area contributed by atoms with Crippen molar-refractivity contribution in [3.8, 4) is 11.5 Å². The highest BCUT2D eigenvalue weighted by Gasteiger charge is 2.23. The summed E-state index contributed by atoms with van der Waals surface area (Å²) in [5.74, 6) is 1.01. The second-order valence-electron chi connectivity index (χ2n) is 4.88. The van der Waals surface area contributed by atoms with Gasteiger partial charge >= 0.3 is 0 Å². The number of aromatic hydroxyl groups is 1. The number of phenols is 1. The predicted octanol–water partition coefficient (Wildman–Crippen LogP) is 3.49. The summed E-state index contributed by atoms with van der Waals surface area (Å²) < 4.78 is 5.15. The Morgan fingerprint density at radius 3 is 2.71 bits per heavy atom. The van der Waals surface area contributed by atoms with E-state index < -0.39 is 0 Å². The molecule has 3 rings (SSSR count). The minimum absolute atomic E-state index is 0.0873. The number of ether oxygens (including phenoxy) is 1. The molecule has 21 heavy (non-hydrogen) atoms. The average Bonchev–Trinajstić information content (AvgIpc) is 2.99. The number of nitrogens with one attached hydrogen (secondary N) is 1. The van der Waals surface area contributed by atoms with Crippen LogP contribution in [-0.4, -0.2) is 17.9 Å². The number of hydrogen-bond acceptors (Lipinski definition) is 4. The maximum Gasteiger partial charge on any atom is 0.124 e. The average molecular weight is 303 g/mol. The highest BCUT2D eigenvalue weighted by Crippen LogP contribution is 2.30. The third-order valence-corrected chi connectivity index (χ3v) is 3.78. The van der Waals surface area contributed by atoms with Gasteiger partial charge in [0.2, 0.25) is 0 Å². The normalized spacial score (nSPS) is 17.2.